The fourth-order valence-corrected chi connectivity index (χ4v) is 2.38. The van der Waals surface area contributed by atoms with Crippen LogP contribution in [-0.4, -0.2) is 12.5 Å². The average Bonchev–Trinajstić information content (AvgIpc) is 2.55. The standard InChI is InChI=1S/C14H16N2O/c1-3-8-16-13-5-4-10(2)9-12(13)11(6-7-15)14(16)17/h4-5,9,11H,3,6,8H2,1-2H3/t11-/m1/s1. The summed E-state index contributed by atoms with van der Waals surface area (Å²) in [6.07, 6.45) is 1.20. The van der Waals surface area contributed by atoms with Crippen LogP contribution in [0.25, 0.3) is 0 Å². The molecule has 0 fully saturated rings. The second-order valence-electron chi connectivity index (χ2n) is 4.47. The second kappa shape index (κ2) is 4.58. The van der Waals surface area contributed by atoms with E-state index in [1.807, 2.05) is 30.0 Å². The van der Waals surface area contributed by atoms with Gasteiger partial charge >= 0.3 is 0 Å². The Morgan fingerprint density at radius 3 is 2.88 bits per heavy atom. The SMILES string of the molecule is CCCN1C(=O)[C@H](CC#N)c2cc(C)ccc21. The number of carbonyl (C=O) groups is 1. The van der Waals surface area contributed by atoms with Crippen molar-refractivity contribution < 1.29 is 4.79 Å². The van der Waals surface area contributed by atoms with Crippen LogP contribution in [0.1, 0.15) is 36.8 Å². The van der Waals surface area contributed by atoms with Gasteiger partial charge in [-0.05, 0) is 25.0 Å². The van der Waals surface area contributed by atoms with Crippen LogP contribution in [0.2, 0.25) is 0 Å². The molecule has 0 bridgehead atoms. The number of nitrogens with zero attached hydrogens (tertiary/aromatic N) is 2. The van der Waals surface area contributed by atoms with Crippen molar-refractivity contribution in [1.29, 1.82) is 5.26 Å². The lowest BCUT2D eigenvalue weighted by Crippen LogP contribution is -2.29. The molecule has 0 aliphatic carbocycles. The monoisotopic (exact) mass is 228 g/mol. The maximum absolute atomic E-state index is 12.2. The van der Waals surface area contributed by atoms with Crippen LogP contribution in [0, 0.1) is 18.3 Å². The van der Waals surface area contributed by atoms with Crippen LogP contribution in [0.15, 0.2) is 18.2 Å². The molecule has 1 aliphatic rings. The van der Waals surface area contributed by atoms with Crippen LogP contribution in [0.4, 0.5) is 5.69 Å². The quantitative estimate of drug-likeness (QED) is 0.798. The number of hydrogen-bond acceptors (Lipinski definition) is 2. The Bertz CT molecular complexity index is 487. The first-order valence-corrected chi connectivity index (χ1v) is 5.98. The lowest BCUT2D eigenvalue weighted by molar-refractivity contribution is -0.119. The number of carbonyl (C=O) groups excluding carboxylic acids is 1. The molecule has 1 aromatic rings. The van der Waals surface area contributed by atoms with Crippen molar-refractivity contribution in [3.8, 4) is 6.07 Å². The van der Waals surface area contributed by atoms with Gasteiger partial charge < -0.3 is 4.90 Å². The second-order valence-corrected chi connectivity index (χ2v) is 4.47. The van der Waals surface area contributed by atoms with Gasteiger partial charge in [0.25, 0.3) is 0 Å². The lowest BCUT2D eigenvalue weighted by Gasteiger charge is -2.16. The third-order valence-electron chi connectivity index (χ3n) is 3.16. The third-order valence-corrected chi connectivity index (χ3v) is 3.16. The largest absolute Gasteiger partial charge is 0.312 e. The van der Waals surface area contributed by atoms with Gasteiger partial charge in [0.2, 0.25) is 5.91 Å². The summed E-state index contributed by atoms with van der Waals surface area (Å²) < 4.78 is 0. The Morgan fingerprint density at radius 1 is 1.47 bits per heavy atom. The molecule has 1 heterocycles. The molecule has 2 rings (SSSR count). The van der Waals surface area contributed by atoms with Gasteiger partial charge in [0, 0.05) is 12.2 Å². The van der Waals surface area contributed by atoms with Gasteiger partial charge in [-0.3, -0.25) is 4.79 Å². The number of aryl methyl sites for hydroxylation is 1. The number of nitriles is 1. The number of hydrogen-bond donors (Lipinski definition) is 0. The van der Waals surface area contributed by atoms with Crippen LogP contribution in [-0.2, 0) is 4.79 Å². The highest BCUT2D eigenvalue weighted by atomic mass is 16.2. The summed E-state index contributed by atoms with van der Waals surface area (Å²) in [5.74, 6) is -0.185. The van der Waals surface area contributed by atoms with Gasteiger partial charge in [0.15, 0.2) is 0 Å². The minimum absolute atomic E-state index is 0.0778. The average molecular weight is 228 g/mol. The van der Waals surface area contributed by atoms with E-state index in [0.717, 1.165) is 29.8 Å². The number of amides is 1. The molecule has 0 N–H and O–H groups in total. The Balaban J connectivity index is 2.46. The minimum Gasteiger partial charge on any atom is -0.312 e. The smallest absolute Gasteiger partial charge is 0.235 e. The van der Waals surface area contributed by atoms with Gasteiger partial charge in [0.05, 0.1) is 18.4 Å². The summed E-state index contributed by atoms with van der Waals surface area (Å²) in [4.78, 5) is 14.0. The van der Waals surface area contributed by atoms with Crippen molar-refractivity contribution in [3.63, 3.8) is 0 Å². The van der Waals surface area contributed by atoms with Crippen LogP contribution < -0.4 is 4.90 Å². The van der Waals surface area contributed by atoms with Gasteiger partial charge in [-0.2, -0.15) is 5.26 Å². The Kier molecular flexibility index (Phi) is 3.14. The van der Waals surface area contributed by atoms with E-state index in [4.69, 9.17) is 5.26 Å². The van der Waals surface area contributed by atoms with E-state index in [0.29, 0.717) is 0 Å². The molecule has 3 nitrogen and oxygen atoms in total. The molecule has 0 saturated carbocycles. The molecule has 0 unspecified atom stereocenters. The number of fused-ring (bicyclic) bond motifs is 1. The van der Waals surface area contributed by atoms with Crippen molar-refractivity contribution in [2.45, 2.75) is 32.6 Å². The zero-order valence-corrected chi connectivity index (χ0v) is 10.2. The summed E-state index contributed by atoms with van der Waals surface area (Å²) in [5.41, 5.74) is 3.14. The van der Waals surface area contributed by atoms with E-state index in [-0.39, 0.29) is 18.2 Å². The Morgan fingerprint density at radius 2 is 2.24 bits per heavy atom. The predicted octanol–water partition coefficient (Wildman–Crippen LogP) is 2.75. The number of benzene rings is 1. The molecule has 17 heavy (non-hydrogen) atoms. The molecule has 1 aliphatic heterocycles. The highest BCUT2D eigenvalue weighted by molar-refractivity contribution is 6.05. The molecular weight excluding hydrogens is 212 g/mol. The highest BCUT2D eigenvalue weighted by Gasteiger charge is 2.36. The maximum atomic E-state index is 12.2. The fraction of sp³-hybridized carbons (Fsp3) is 0.429. The summed E-state index contributed by atoms with van der Waals surface area (Å²) in [6, 6.07) is 8.16. The van der Waals surface area contributed by atoms with Gasteiger partial charge in [0.1, 0.15) is 0 Å². The molecule has 1 aromatic carbocycles. The predicted molar refractivity (Wildman–Crippen MR) is 66.8 cm³/mol. The summed E-state index contributed by atoms with van der Waals surface area (Å²) >= 11 is 0. The maximum Gasteiger partial charge on any atom is 0.235 e. The zero-order chi connectivity index (χ0) is 12.4. The van der Waals surface area contributed by atoms with E-state index < -0.39 is 0 Å². The zero-order valence-electron chi connectivity index (χ0n) is 10.2. The molecule has 0 aromatic heterocycles. The molecule has 1 atom stereocenters. The third kappa shape index (κ3) is 1.91. The first kappa shape index (κ1) is 11.7. The lowest BCUT2D eigenvalue weighted by atomic mass is 9.96. The molecule has 88 valence electrons. The Hall–Kier alpha value is -1.82. The van der Waals surface area contributed by atoms with Crippen LogP contribution in [0.5, 0.6) is 0 Å². The van der Waals surface area contributed by atoms with E-state index in [1.54, 1.807) is 0 Å². The fourth-order valence-electron chi connectivity index (χ4n) is 2.38. The van der Waals surface area contributed by atoms with Crippen molar-refractivity contribution in [2.75, 3.05) is 11.4 Å². The summed E-state index contributed by atoms with van der Waals surface area (Å²) in [7, 11) is 0. The van der Waals surface area contributed by atoms with Crippen molar-refractivity contribution in [2.24, 2.45) is 0 Å². The minimum atomic E-state index is -0.263. The van der Waals surface area contributed by atoms with E-state index >= 15 is 0 Å². The molecular formula is C14H16N2O. The van der Waals surface area contributed by atoms with Crippen molar-refractivity contribution in [1.82, 2.24) is 0 Å². The van der Waals surface area contributed by atoms with Gasteiger partial charge in [-0.1, -0.05) is 24.6 Å². The van der Waals surface area contributed by atoms with Crippen LogP contribution in [0.3, 0.4) is 0 Å². The Labute approximate surface area is 102 Å². The van der Waals surface area contributed by atoms with E-state index in [1.165, 1.54) is 0 Å². The van der Waals surface area contributed by atoms with Gasteiger partial charge in [-0.15, -0.1) is 0 Å². The van der Waals surface area contributed by atoms with Crippen molar-refractivity contribution in [3.05, 3.63) is 29.3 Å². The van der Waals surface area contributed by atoms with E-state index in [2.05, 4.69) is 13.0 Å². The first-order valence-electron chi connectivity index (χ1n) is 5.98. The number of anilines is 1. The molecule has 0 spiro atoms. The molecule has 0 saturated heterocycles. The topological polar surface area (TPSA) is 44.1 Å². The normalized spacial score (nSPS) is 18.1. The van der Waals surface area contributed by atoms with Crippen molar-refractivity contribution >= 4 is 11.6 Å². The molecule has 0 radical (unpaired) electrons. The van der Waals surface area contributed by atoms with Gasteiger partial charge in [-0.25, -0.2) is 0 Å². The highest BCUT2D eigenvalue weighted by Crippen LogP contribution is 2.39. The molecule has 3 heteroatoms. The summed E-state index contributed by atoms with van der Waals surface area (Å²) in [5, 5.41) is 8.83. The number of rotatable bonds is 3. The van der Waals surface area contributed by atoms with E-state index in [9.17, 15) is 4.79 Å². The first-order chi connectivity index (χ1) is 8.19. The van der Waals surface area contributed by atoms with Crippen LogP contribution >= 0.6 is 0 Å². The molecule has 1 amide bonds. The summed E-state index contributed by atoms with van der Waals surface area (Å²) in [6.45, 7) is 4.80.